The van der Waals surface area contributed by atoms with Gasteiger partial charge in [-0.15, -0.1) is 0 Å². The molecular formula is C8H8N4O3S. The van der Waals surface area contributed by atoms with Gasteiger partial charge < -0.3 is 9.84 Å². The van der Waals surface area contributed by atoms with Gasteiger partial charge in [-0.3, -0.25) is 5.10 Å². The molecule has 0 radical (unpaired) electrons. The van der Waals surface area contributed by atoms with E-state index in [9.17, 15) is 4.79 Å². The van der Waals surface area contributed by atoms with E-state index in [-0.39, 0.29) is 11.6 Å². The van der Waals surface area contributed by atoms with Gasteiger partial charge in [0, 0.05) is 7.11 Å². The zero-order chi connectivity index (χ0) is 11.7. The quantitative estimate of drug-likeness (QED) is 0.764. The number of fused-ring (bicyclic) bond motifs is 1. The third-order valence-electron chi connectivity index (χ3n) is 1.88. The molecule has 2 rings (SSSR count). The molecule has 2 heterocycles. The summed E-state index contributed by atoms with van der Waals surface area (Å²) in [6.07, 6.45) is 0. The lowest BCUT2D eigenvalue weighted by molar-refractivity contribution is 0.0684. The summed E-state index contributed by atoms with van der Waals surface area (Å²) in [5.74, 6) is -1.14. The van der Waals surface area contributed by atoms with E-state index in [1.54, 1.807) is 6.07 Å². The highest BCUT2D eigenvalue weighted by atomic mass is 32.1. The lowest BCUT2D eigenvalue weighted by Gasteiger charge is -1.98. The monoisotopic (exact) mass is 240 g/mol. The van der Waals surface area contributed by atoms with Crippen LogP contribution >= 0.6 is 12.2 Å². The molecule has 0 bridgehead atoms. The normalized spacial score (nSPS) is 10.8. The summed E-state index contributed by atoms with van der Waals surface area (Å²) in [6, 6.07) is 1.62. The van der Waals surface area contributed by atoms with Gasteiger partial charge >= 0.3 is 5.97 Å². The molecule has 84 valence electrons. The van der Waals surface area contributed by atoms with Gasteiger partial charge in [-0.1, -0.05) is 12.2 Å². The average molecular weight is 240 g/mol. The Balaban J connectivity index is 2.63. The van der Waals surface area contributed by atoms with Crippen molar-refractivity contribution in [3.05, 3.63) is 22.2 Å². The molecule has 2 aromatic rings. The number of methoxy groups -OCH3 is 1. The maximum absolute atomic E-state index is 10.7. The number of nitrogens with zero attached hydrogens (tertiary/aromatic N) is 3. The van der Waals surface area contributed by atoms with Crippen LogP contribution in [0.25, 0.3) is 5.78 Å². The number of hydrogen-bond acceptors (Lipinski definition) is 5. The van der Waals surface area contributed by atoms with Crippen molar-refractivity contribution in [2.45, 2.75) is 6.61 Å². The van der Waals surface area contributed by atoms with E-state index in [1.807, 2.05) is 0 Å². The number of aromatic amines is 1. The molecule has 0 atom stereocenters. The fourth-order valence-electron chi connectivity index (χ4n) is 1.24. The Kier molecular flexibility index (Phi) is 2.67. The first-order valence-corrected chi connectivity index (χ1v) is 4.73. The minimum absolute atomic E-state index is 0.201. The summed E-state index contributed by atoms with van der Waals surface area (Å²) in [6.45, 7) is 0.301. The van der Waals surface area contributed by atoms with Crippen LogP contribution < -0.4 is 0 Å². The van der Waals surface area contributed by atoms with Crippen LogP contribution in [-0.4, -0.2) is 37.8 Å². The van der Waals surface area contributed by atoms with Crippen molar-refractivity contribution in [3.63, 3.8) is 0 Å². The number of nitrogens with one attached hydrogen (secondary N) is 1. The van der Waals surface area contributed by atoms with Gasteiger partial charge in [-0.05, 0) is 6.07 Å². The Morgan fingerprint density at radius 3 is 3.06 bits per heavy atom. The zero-order valence-electron chi connectivity index (χ0n) is 8.30. The van der Waals surface area contributed by atoms with Gasteiger partial charge in [0.1, 0.15) is 4.64 Å². The van der Waals surface area contributed by atoms with E-state index in [0.717, 1.165) is 0 Å². The molecule has 0 saturated carbocycles. The summed E-state index contributed by atoms with van der Waals surface area (Å²) >= 11 is 5.06. The zero-order valence-corrected chi connectivity index (χ0v) is 9.11. The Bertz CT molecular complexity index is 603. The highest BCUT2D eigenvalue weighted by Gasteiger charge is 2.11. The number of aromatic nitrogens is 4. The maximum atomic E-state index is 10.7. The van der Waals surface area contributed by atoms with Crippen molar-refractivity contribution in [2.75, 3.05) is 7.11 Å². The molecule has 2 N–H and O–H groups in total. The van der Waals surface area contributed by atoms with Gasteiger partial charge in [0.2, 0.25) is 5.82 Å². The third kappa shape index (κ3) is 1.79. The van der Waals surface area contributed by atoms with Crippen molar-refractivity contribution in [1.82, 2.24) is 19.6 Å². The Morgan fingerprint density at radius 2 is 2.44 bits per heavy atom. The van der Waals surface area contributed by atoms with E-state index in [2.05, 4.69) is 15.1 Å². The van der Waals surface area contributed by atoms with Crippen LogP contribution in [0.15, 0.2) is 6.07 Å². The number of carboxylic acids is 1. The second kappa shape index (κ2) is 3.99. The largest absolute Gasteiger partial charge is 0.475 e. The number of ether oxygens (including phenoxy) is 1. The summed E-state index contributed by atoms with van der Waals surface area (Å²) in [5, 5.41) is 11.3. The summed E-state index contributed by atoms with van der Waals surface area (Å²) in [4.78, 5) is 18.6. The summed E-state index contributed by atoms with van der Waals surface area (Å²) in [5.41, 5.74) is 0.607. The Hall–Kier alpha value is -1.80. The van der Waals surface area contributed by atoms with Gasteiger partial charge in [-0.25, -0.2) is 14.3 Å². The van der Waals surface area contributed by atoms with Gasteiger partial charge in [0.05, 0.1) is 12.3 Å². The molecule has 0 aliphatic carbocycles. The second-order valence-corrected chi connectivity index (χ2v) is 3.45. The molecule has 0 unspecified atom stereocenters. The van der Waals surface area contributed by atoms with Crippen LogP contribution in [0.3, 0.4) is 0 Å². The van der Waals surface area contributed by atoms with E-state index < -0.39 is 5.97 Å². The molecule has 0 aliphatic heterocycles. The highest BCUT2D eigenvalue weighted by molar-refractivity contribution is 7.71. The fraction of sp³-hybridized carbons (Fsp3) is 0.250. The summed E-state index contributed by atoms with van der Waals surface area (Å²) in [7, 11) is 1.54. The number of hydrogen-bond donors (Lipinski definition) is 2. The lowest BCUT2D eigenvalue weighted by Crippen LogP contribution is -2.00. The standard InChI is InChI=1S/C8H8N4O3S/c1-15-3-4-2-5(16)12-8(9-4)10-6(11-12)7(13)14/h2H,3H2,1H3,(H,13,14)(H,9,10,11). The molecule has 16 heavy (non-hydrogen) atoms. The van der Waals surface area contributed by atoms with E-state index in [1.165, 1.54) is 11.6 Å². The van der Waals surface area contributed by atoms with Crippen LogP contribution in [0.5, 0.6) is 0 Å². The van der Waals surface area contributed by atoms with Crippen molar-refractivity contribution in [1.29, 1.82) is 0 Å². The number of carbonyl (C=O) groups is 1. The Labute approximate surface area is 94.7 Å². The minimum Gasteiger partial charge on any atom is -0.475 e. The predicted octanol–water partition coefficient (Wildman–Crippen LogP) is 0.631. The lowest BCUT2D eigenvalue weighted by atomic mass is 10.4. The minimum atomic E-state index is -1.16. The first kappa shape index (κ1) is 10.7. The van der Waals surface area contributed by atoms with E-state index in [4.69, 9.17) is 22.1 Å². The molecule has 0 fully saturated rings. The average Bonchev–Trinajstić information content (AvgIpc) is 2.62. The molecule has 0 aromatic carbocycles. The van der Waals surface area contributed by atoms with E-state index in [0.29, 0.717) is 16.9 Å². The summed E-state index contributed by atoms with van der Waals surface area (Å²) < 4.78 is 6.65. The molecule has 0 spiro atoms. The smallest absolute Gasteiger partial charge is 0.373 e. The number of rotatable bonds is 3. The molecule has 0 saturated heterocycles. The maximum Gasteiger partial charge on any atom is 0.373 e. The van der Waals surface area contributed by atoms with Gasteiger partial charge in [0.15, 0.2) is 0 Å². The fourth-order valence-corrected chi connectivity index (χ4v) is 1.51. The SMILES string of the molecule is COCc1cc(=S)n2[nH]c(C(=O)O)nc2n1. The third-order valence-corrected chi connectivity index (χ3v) is 2.18. The first-order valence-electron chi connectivity index (χ1n) is 4.32. The van der Waals surface area contributed by atoms with E-state index >= 15 is 0 Å². The topological polar surface area (TPSA) is 92.5 Å². The highest BCUT2D eigenvalue weighted by Crippen LogP contribution is 2.04. The number of H-pyrrole nitrogens is 1. The van der Waals surface area contributed by atoms with Gasteiger partial charge in [0.25, 0.3) is 5.78 Å². The molecule has 0 aliphatic rings. The predicted molar refractivity (Wildman–Crippen MR) is 55.8 cm³/mol. The van der Waals surface area contributed by atoms with Gasteiger partial charge in [-0.2, -0.15) is 4.98 Å². The van der Waals surface area contributed by atoms with Crippen LogP contribution in [0.4, 0.5) is 0 Å². The second-order valence-electron chi connectivity index (χ2n) is 3.03. The van der Waals surface area contributed by atoms with Crippen LogP contribution in [0.1, 0.15) is 16.3 Å². The first-order chi connectivity index (χ1) is 7.61. The molecular weight excluding hydrogens is 232 g/mol. The molecule has 2 aromatic heterocycles. The van der Waals surface area contributed by atoms with Crippen molar-refractivity contribution < 1.29 is 14.6 Å². The molecule has 8 heteroatoms. The molecule has 7 nitrogen and oxygen atoms in total. The Morgan fingerprint density at radius 1 is 1.69 bits per heavy atom. The van der Waals surface area contributed by atoms with Crippen molar-refractivity contribution >= 4 is 24.0 Å². The number of carboxylic acid groups (broad SMARTS) is 1. The van der Waals surface area contributed by atoms with Crippen LogP contribution in [0.2, 0.25) is 0 Å². The molecule has 0 amide bonds. The number of aromatic carboxylic acids is 1. The van der Waals surface area contributed by atoms with Crippen molar-refractivity contribution in [2.24, 2.45) is 0 Å². The van der Waals surface area contributed by atoms with Crippen LogP contribution in [-0.2, 0) is 11.3 Å². The van der Waals surface area contributed by atoms with Crippen LogP contribution in [0, 0.1) is 4.64 Å². The van der Waals surface area contributed by atoms with Crippen molar-refractivity contribution in [3.8, 4) is 0 Å².